The molecule has 1 rings (SSSR count). The first-order chi connectivity index (χ1) is 11.3. The summed E-state index contributed by atoms with van der Waals surface area (Å²) >= 11 is 0. The number of carbonyl (C=O) groups excluding carboxylic acids is 1. The van der Waals surface area contributed by atoms with E-state index >= 15 is 0 Å². The second kappa shape index (κ2) is 12.6. The van der Waals surface area contributed by atoms with Crippen LogP contribution in [0.5, 0.6) is 0 Å². The largest absolute Gasteiger partial charge is 0.479 e. The number of rotatable bonds is 6. The van der Waals surface area contributed by atoms with Crippen LogP contribution in [0.4, 0.5) is 0 Å². The number of likely N-dealkylation sites (N-methyl/N-ethyl adjacent to an activating group) is 1. The van der Waals surface area contributed by atoms with Gasteiger partial charge in [0.05, 0.1) is 0 Å². The molecule has 1 aromatic rings. The van der Waals surface area contributed by atoms with E-state index in [0.29, 0.717) is 6.42 Å². The van der Waals surface area contributed by atoms with Crippen molar-refractivity contribution < 1.29 is 14.7 Å². The summed E-state index contributed by atoms with van der Waals surface area (Å²) in [4.78, 5) is 24.3. The lowest BCUT2D eigenvalue weighted by atomic mass is 9.90. The molecule has 0 bridgehead atoms. The number of benzene rings is 1. The van der Waals surface area contributed by atoms with Crippen molar-refractivity contribution in [1.82, 2.24) is 4.90 Å². The van der Waals surface area contributed by atoms with Crippen LogP contribution in [-0.2, 0) is 22.4 Å². The lowest BCUT2D eigenvalue weighted by molar-refractivity contribution is -0.155. The number of carbonyl (C=O) groups is 2. The third kappa shape index (κ3) is 7.16. The molecule has 0 spiro atoms. The number of hydrogen-bond donors (Lipinski definition) is 1. The summed E-state index contributed by atoms with van der Waals surface area (Å²) in [7, 11) is 1.53. The van der Waals surface area contributed by atoms with E-state index < -0.39 is 11.5 Å². The zero-order chi connectivity index (χ0) is 19.3. The smallest absolute Gasteiger partial charge is 0.329 e. The molecule has 0 aliphatic carbocycles. The van der Waals surface area contributed by atoms with Crippen LogP contribution in [0.25, 0.3) is 0 Å². The second-order valence-electron chi connectivity index (χ2n) is 5.40. The quantitative estimate of drug-likeness (QED) is 0.828. The lowest BCUT2D eigenvalue weighted by Crippen LogP contribution is -2.54. The van der Waals surface area contributed by atoms with Crippen molar-refractivity contribution in [3.63, 3.8) is 0 Å². The Morgan fingerprint density at radius 1 is 1.04 bits per heavy atom. The van der Waals surface area contributed by atoms with Gasteiger partial charge in [-0.25, -0.2) is 4.79 Å². The minimum atomic E-state index is -1.22. The molecule has 4 nitrogen and oxygen atoms in total. The zero-order valence-electron chi connectivity index (χ0n) is 16.6. The summed E-state index contributed by atoms with van der Waals surface area (Å²) in [6.45, 7) is 13.1. The Labute approximate surface area is 147 Å². The molecule has 0 saturated carbocycles. The molecule has 1 aromatic carbocycles. The maximum atomic E-state index is 11.5. The topological polar surface area (TPSA) is 57.6 Å². The number of amides is 1. The van der Waals surface area contributed by atoms with Gasteiger partial charge in [-0.05, 0) is 24.5 Å². The Morgan fingerprint density at radius 2 is 1.46 bits per heavy atom. The fourth-order valence-electron chi connectivity index (χ4n) is 2.20. The third-order valence-corrected chi connectivity index (χ3v) is 3.78. The molecule has 0 heterocycles. The zero-order valence-corrected chi connectivity index (χ0v) is 16.6. The third-order valence-electron chi connectivity index (χ3n) is 3.78. The van der Waals surface area contributed by atoms with E-state index in [1.54, 1.807) is 6.92 Å². The van der Waals surface area contributed by atoms with Crippen LogP contribution in [-0.4, -0.2) is 34.5 Å². The number of aliphatic carboxylic acids is 1. The molecule has 0 aliphatic rings. The summed E-state index contributed by atoms with van der Waals surface area (Å²) in [5.74, 6) is -1.25. The van der Waals surface area contributed by atoms with E-state index in [0.717, 1.165) is 18.4 Å². The van der Waals surface area contributed by atoms with Gasteiger partial charge in [0.1, 0.15) is 5.54 Å². The summed E-state index contributed by atoms with van der Waals surface area (Å²) in [5, 5.41) is 9.46. The number of carboxylic acid groups (broad SMARTS) is 1. The summed E-state index contributed by atoms with van der Waals surface area (Å²) in [6.07, 6.45) is 2.40. The molecule has 24 heavy (non-hydrogen) atoms. The van der Waals surface area contributed by atoms with Gasteiger partial charge in [0.25, 0.3) is 0 Å². The number of carboxylic acids is 1. The molecular weight excluding hydrogens is 302 g/mol. The highest BCUT2D eigenvalue weighted by molar-refractivity contribution is 5.85. The van der Waals surface area contributed by atoms with E-state index in [2.05, 4.69) is 6.92 Å². The van der Waals surface area contributed by atoms with Gasteiger partial charge in [-0.1, -0.05) is 65.3 Å². The number of hydrogen-bond acceptors (Lipinski definition) is 2. The van der Waals surface area contributed by atoms with Crippen molar-refractivity contribution in [3.8, 4) is 0 Å². The van der Waals surface area contributed by atoms with Gasteiger partial charge in [0.2, 0.25) is 5.91 Å². The number of nitrogens with zero attached hydrogens (tertiary/aromatic N) is 1. The fourth-order valence-corrected chi connectivity index (χ4v) is 2.20. The van der Waals surface area contributed by atoms with Crippen LogP contribution in [0.2, 0.25) is 0 Å². The van der Waals surface area contributed by atoms with Crippen LogP contribution in [0.3, 0.4) is 0 Å². The van der Waals surface area contributed by atoms with Crippen molar-refractivity contribution in [1.29, 1.82) is 0 Å². The predicted octanol–water partition coefficient (Wildman–Crippen LogP) is 4.56. The van der Waals surface area contributed by atoms with Gasteiger partial charge in [-0.3, -0.25) is 4.79 Å². The Morgan fingerprint density at radius 3 is 1.79 bits per heavy atom. The molecule has 0 aromatic heterocycles. The fraction of sp³-hybridized carbons (Fsp3) is 0.600. The van der Waals surface area contributed by atoms with Gasteiger partial charge in [-0.2, -0.15) is 0 Å². The monoisotopic (exact) mass is 337 g/mol. The Bertz CT molecular complexity index is 482. The first-order valence-corrected chi connectivity index (χ1v) is 8.87. The maximum Gasteiger partial charge on any atom is 0.329 e. The molecule has 1 unspecified atom stereocenters. The number of aryl methyl sites for hydroxylation is 1. The van der Waals surface area contributed by atoms with E-state index in [4.69, 9.17) is 0 Å². The Kier molecular flexibility index (Phi) is 12.8. The highest BCUT2D eigenvalue weighted by atomic mass is 16.4. The van der Waals surface area contributed by atoms with Gasteiger partial charge in [0, 0.05) is 20.4 Å². The van der Waals surface area contributed by atoms with Crippen molar-refractivity contribution >= 4 is 11.9 Å². The first kappa shape index (κ1) is 24.4. The molecule has 0 aliphatic heterocycles. The Hall–Kier alpha value is -1.84. The normalized spacial score (nSPS) is 11.8. The highest BCUT2D eigenvalue weighted by Gasteiger charge is 2.39. The molecule has 4 heteroatoms. The van der Waals surface area contributed by atoms with Crippen LogP contribution in [0, 0.1) is 0 Å². The Balaban J connectivity index is 0. The van der Waals surface area contributed by atoms with Gasteiger partial charge >= 0.3 is 5.97 Å². The van der Waals surface area contributed by atoms with E-state index in [-0.39, 0.29) is 5.91 Å². The molecule has 0 radical (unpaired) electrons. The van der Waals surface area contributed by atoms with Crippen molar-refractivity contribution in [2.45, 2.75) is 73.3 Å². The minimum absolute atomic E-state index is 0.252. The molecule has 0 saturated heterocycles. The minimum Gasteiger partial charge on any atom is -0.479 e. The first-order valence-electron chi connectivity index (χ1n) is 8.87. The summed E-state index contributed by atoms with van der Waals surface area (Å²) in [6, 6.07) is 7.93. The van der Waals surface area contributed by atoms with Gasteiger partial charge < -0.3 is 10.0 Å². The predicted molar refractivity (Wildman–Crippen MR) is 101 cm³/mol. The van der Waals surface area contributed by atoms with Crippen molar-refractivity contribution in [2.24, 2.45) is 0 Å². The van der Waals surface area contributed by atoms with Crippen molar-refractivity contribution in [3.05, 3.63) is 35.4 Å². The van der Waals surface area contributed by atoms with Crippen LogP contribution < -0.4 is 0 Å². The van der Waals surface area contributed by atoms with Crippen LogP contribution in [0.15, 0.2) is 24.3 Å². The standard InChI is InChI=1S/C16H23NO3.2C2H6/c1-5-6-13-7-9-14(10-8-13)11-16(3,15(19)20)17(4)12(2)18;2*1-2/h7-10H,5-6,11H2,1-4H3,(H,19,20);2*1-2H3. The summed E-state index contributed by atoms with van der Waals surface area (Å²) in [5.41, 5.74) is 0.939. The molecule has 138 valence electrons. The van der Waals surface area contributed by atoms with Crippen LogP contribution in [0.1, 0.15) is 66.0 Å². The average Bonchev–Trinajstić information content (AvgIpc) is 2.59. The van der Waals surface area contributed by atoms with E-state index in [1.165, 1.54) is 24.4 Å². The van der Waals surface area contributed by atoms with Crippen molar-refractivity contribution in [2.75, 3.05) is 7.05 Å². The lowest BCUT2D eigenvalue weighted by Gasteiger charge is -2.34. The summed E-state index contributed by atoms with van der Waals surface area (Å²) < 4.78 is 0. The second-order valence-corrected chi connectivity index (χ2v) is 5.40. The van der Waals surface area contributed by atoms with Crippen LogP contribution >= 0.6 is 0 Å². The van der Waals surface area contributed by atoms with Gasteiger partial charge in [0.15, 0.2) is 0 Å². The molecular formula is C20H35NO3. The van der Waals surface area contributed by atoms with E-state index in [1.807, 2.05) is 52.0 Å². The molecule has 1 N–H and O–H groups in total. The average molecular weight is 338 g/mol. The maximum absolute atomic E-state index is 11.5. The van der Waals surface area contributed by atoms with Gasteiger partial charge in [-0.15, -0.1) is 0 Å². The molecule has 1 amide bonds. The van der Waals surface area contributed by atoms with E-state index in [9.17, 15) is 14.7 Å². The SMILES string of the molecule is CC.CC.CCCc1ccc(CC(C)(C(=O)O)N(C)C(C)=O)cc1. The highest BCUT2D eigenvalue weighted by Crippen LogP contribution is 2.21. The molecule has 0 fully saturated rings. The molecule has 1 atom stereocenters.